The first kappa shape index (κ1) is 18.7. The topological polar surface area (TPSA) is 62.3 Å². The molecule has 26 heavy (non-hydrogen) atoms. The van der Waals surface area contributed by atoms with Gasteiger partial charge in [0.25, 0.3) is 5.91 Å². The third-order valence-electron chi connectivity index (χ3n) is 3.51. The van der Waals surface area contributed by atoms with Crippen molar-refractivity contribution in [2.75, 3.05) is 11.9 Å². The van der Waals surface area contributed by atoms with Crippen LogP contribution < -0.4 is 5.32 Å². The van der Waals surface area contributed by atoms with Gasteiger partial charge in [-0.15, -0.1) is 11.3 Å². The first-order valence-electron chi connectivity index (χ1n) is 7.73. The van der Waals surface area contributed by atoms with Crippen molar-refractivity contribution in [3.63, 3.8) is 0 Å². The number of rotatable bonds is 6. The normalized spacial score (nSPS) is 15.7. The molecule has 0 radical (unpaired) electrons. The van der Waals surface area contributed by atoms with Crippen molar-refractivity contribution in [2.45, 2.75) is 12.8 Å². The van der Waals surface area contributed by atoms with Crippen molar-refractivity contribution in [1.82, 2.24) is 9.88 Å². The Kier molecular flexibility index (Phi) is 6.12. The number of carbonyl (C=O) groups is 2. The van der Waals surface area contributed by atoms with Gasteiger partial charge in [0.15, 0.2) is 5.13 Å². The Balaban J connectivity index is 1.54. The molecule has 2 aromatic rings. The summed E-state index contributed by atoms with van der Waals surface area (Å²) in [7, 11) is 0. The number of halogens is 1. The molecule has 5 nitrogen and oxygen atoms in total. The highest BCUT2D eigenvalue weighted by Crippen LogP contribution is 2.32. The Labute approximate surface area is 163 Å². The minimum absolute atomic E-state index is 0.146. The number of hydrogen-bond acceptors (Lipinski definition) is 6. The summed E-state index contributed by atoms with van der Waals surface area (Å²) in [6.07, 6.45) is 4.07. The fraction of sp³-hybridized carbons (Fsp3) is 0.176. The van der Waals surface area contributed by atoms with E-state index in [0.29, 0.717) is 27.3 Å². The van der Waals surface area contributed by atoms with E-state index in [0.717, 1.165) is 5.56 Å². The smallest absolute Gasteiger partial charge is 0.266 e. The van der Waals surface area contributed by atoms with E-state index in [1.54, 1.807) is 29.8 Å². The van der Waals surface area contributed by atoms with Gasteiger partial charge in [-0.05, 0) is 30.2 Å². The molecule has 1 aromatic heterocycles. The number of benzene rings is 1. The van der Waals surface area contributed by atoms with Crippen LogP contribution in [0.3, 0.4) is 0 Å². The number of hydrogen-bond donors (Lipinski definition) is 1. The molecule has 1 aromatic carbocycles. The summed E-state index contributed by atoms with van der Waals surface area (Å²) in [4.78, 5) is 30.3. The van der Waals surface area contributed by atoms with Gasteiger partial charge in [-0.2, -0.15) is 0 Å². The van der Waals surface area contributed by atoms with Gasteiger partial charge in [0.1, 0.15) is 10.1 Å². The Morgan fingerprint density at radius 2 is 2.12 bits per heavy atom. The number of anilines is 1. The molecule has 9 heteroatoms. The molecule has 0 atom stereocenters. The second kappa shape index (κ2) is 8.52. The molecule has 3 rings (SSSR count). The van der Waals surface area contributed by atoms with Gasteiger partial charge in [-0.25, -0.2) is 9.37 Å². The zero-order valence-electron chi connectivity index (χ0n) is 13.5. The van der Waals surface area contributed by atoms with Crippen LogP contribution in [0.2, 0.25) is 0 Å². The van der Waals surface area contributed by atoms with E-state index in [1.807, 2.05) is 0 Å². The van der Waals surface area contributed by atoms with Crippen LogP contribution in [0.4, 0.5) is 9.52 Å². The molecule has 2 amide bonds. The van der Waals surface area contributed by atoms with E-state index in [2.05, 4.69) is 10.3 Å². The van der Waals surface area contributed by atoms with Crippen molar-refractivity contribution in [3.8, 4) is 0 Å². The number of aromatic nitrogens is 1. The summed E-state index contributed by atoms with van der Waals surface area (Å²) in [6, 6.07) is 5.89. The Bertz CT molecular complexity index is 851. The summed E-state index contributed by atoms with van der Waals surface area (Å²) < 4.78 is 13.4. The lowest BCUT2D eigenvalue weighted by Crippen LogP contribution is -2.29. The van der Waals surface area contributed by atoms with Crippen LogP contribution in [0, 0.1) is 5.82 Å². The molecule has 1 fully saturated rings. The fourth-order valence-corrected chi connectivity index (χ4v) is 4.12. The third-order valence-corrected chi connectivity index (χ3v) is 5.57. The van der Waals surface area contributed by atoms with Crippen molar-refractivity contribution >= 4 is 62.7 Å². The van der Waals surface area contributed by atoms with E-state index in [1.165, 1.54) is 40.1 Å². The molecule has 1 aliphatic rings. The highest BCUT2D eigenvalue weighted by Gasteiger charge is 2.31. The highest BCUT2D eigenvalue weighted by atomic mass is 32.2. The number of carbonyl (C=O) groups excluding carboxylic acids is 2. The second-order valence-electron chi connectivity index (χ2n) is 5.37. The van der Waals surface area contributed by atoms with Crippen LogP contribution in [0.25, 0.3) is 6.08 Å². The highest BCUT2D eigenvalue weighted by molar-refractivity contribution is 8.26. The zero-order valence-corrected chi connectivity index (χ0v) is 15.9. The maximum atomic E-state index is 13.0. The van der Waals surface area contributed by atoms with Crippen molar-refractivity contribution in [1.29, 1.82) is 0 Å². The molecule has 0 spiro atoms. The number of amides is 2. The third kappa shape index (κ3) is 4.75. The molecule has 0 unspecified atom stereocenters. The van der Waals surface area contributed by atoms with Crippen molar-refractivity contribution in [3.05, 3.63) is 52.1 Å². The lowest BCUT2D eigenvalue weighted by atomic mass is 10.2. The molecule has 2 heterocycles. The van der Waals surface area contributed by atoms with E-state index < -0.39 is 0 Å². The average Bonchev–Trinajstić information content (AvgIpc) is 3.20. The van der Waals surface area contributed by atoms with Gasteiger partial charge in [-0.3, -0.25) is 14.5 Å². The van der Waals surface area contributed by atoms with Gasteiger partial charge >= 0.3 is 0 Å². The summed E-state index contributed by atoms with van der Waals surface area (Å²) in [5.74, 6) is -0.664. The van der Waals surface area contributed by atoms with Gasteiger partial charge in [0.05, 0.1) is 4.91 Å². The molecular weight excluding hydrogens is 393 g/mol. The molecule has 1 N–H and O–H groups in total. The average molecular weight is 408 g/mol. The molecule has 0 aliphatic carbocycles. The number of thioether (sulfide) groups is 1. The summed E-state index contributed by atoms with van der Waals surface area (Å²) in [6.45, 7) is 0.372. The van der Waals surface area contributed by atoms with E-state index in [4.69, 9.17) is 12.2 Å². The first-order chi connectivity index (χ1) is 12.5. The molecule has 0 bridgehead atoms. The number of nitrogens with zero attached hydrogens (tertiary/aromatic N) is 2. The zero-order chi connectivity index (χ0) is 18.5. The Hall–Kier alpha value is -2.10. The summed E-state index contributed by atoms with van der Waals surface area (Å²) >= 11 is 7.82. The Morgan fingerprint density at radius 1 is 1.35 bits per heavy atom. The van der Waals surface area contributed by atoms with Gasteiger partial charge in [-0.1, -0.05) is 36.1 Å². The number of thiocarbonyl (C=S) groups is 1. The predicted octanol–water partition coefficient (Wildman–Crippen LogP) is 3.90. The summed E-state index contributed by atoms with van der Waals surface area (Å²) in [5.41, 5.74) is 0.731. The van der Waals surface area contributed by atoms with Crippen LogP contribution in [-0.2, 0) is 9.59 Å². The largest absolute Gasteiger partial charge is 0.302 e. The molecular formula is C17H14FN3O2S3. The van der Waals surface area contributed by atoms with E-state index >= 15 is 0 Å². The van der Waals surface area contributed by atoms with Crippen molar-refractivity contribution < 1.29 is 14.0 Å². The van der Waals surface area contributed by atoms with Gasteiger partial charge < -0.3 is 5.32 Å². The monoisotopic (exact) mass is 407 g/mol. The van der Waals surface area contributed by atoms with E-state index in [9.17, 15) is 14.0 Å². The minimum Gasteiger partial charge on any atom is -0.302 e. The maximum absolute atomic E-state index is 13.0. The summed E-state index contributed by atoms with van der Waals surface area (Å²) in [5, 5.41) is 5.04. The van der Waals surface area contributed by atoms with Crippen LogP contribution in [0.15, 0.2) is 40.7 Å². The molecule has 134 valence electrons. The Morgan fingerprint density at radius 3 is 2.81 bits per heavy atom. The number of thiazole rings is 1. The van der Waals surface area contributed by atoms with Crippen LogP contribution in [0.1, 0.15) is 18.4 Å². The van der Waals surface area contributed by atoms with Crippen LogP contribution in [0.5, 0.6) is 0 Å². The fourth-order valence-electron chi connectivity index (χ4n) is 2.27. The van der Waals surface area contributed by atoms with Crippen LogP contribution in [-0.4, -0.2) is 32.6 Å². The standard InChI is InChI=1S/C17H14FN3O2S3/c18-12-5-3-11(4-6-12)10-13-15(23)21(17(24)26-13)8-1-2-14(22)20-16-19-7-9-25-16/h3-7,9-10H,1-2,8H2,(H,19,20,22). The molecule has 1 saturated heterocycles. The molecule has 1 aliphatic heterocycles. The quantitative estimate of drug-likeness (QED) is 0.581. The molecule has 0 saturated carbocycles. The van der Waals surface area contributed by atoms with Crippen molar-refractivity contribution in [2.24, 2.45) is 0 Å². The lowest BCUT2D eigenvalue weighted by molar-refractivity contribution is -0.122. The predicted molar refractivity (Wildman–Crippen MR) is 106 cm³/mol. The maximum Gasteiger partial charge on any atom is 0.266 e. The lowest BCUT2D eigenvalue weighted by Gasteiger charge is -2.13. The van der Waals surface area contributed by atoms with Gasteiger partial charge in [0.2, 0.25) is 5.91 Å². The van der Waals surface area contributed by atoms with Crippen LogP contribution >= 0.6 is 35.3 Å². The SMILES string of the molecule is O=C(CCCN1C(=O)C(=Cc2ccc(F)cc2)SC1=S)Nc1nccs1. The van der Waals surface area contributed by atoms with E-state index in [-0.39, 0.29) is 24.1 Å². The minimum atomic E-state index is -0.328. The first-order valence-corrected chi connectivity index (χ1v) is 9.83. The van der Waals surface area contributed by atoms with Gasteiger partial charge in [0, 0.05) is 24.5 Å². The second-order valence-corrected chi connectivity index (χ2v) is 7.94. The number of nitrogens with one attached hydrogen (secondary N) is 1.